The number of hydrogen-bond donors (Lipinski definition) is 1. The summed E-state index contributed by atoms with van der Waals surface area (Å²) in [5.74, 6) is 0.949. The Hall–Kier alpha value is -3.59. The molecule has 3 heterocycles. The molecule has 1 saturated heterocycles. The van der Waals surface area contributed by atoms with Gasteiger partial charge in [0.05, 0.1) is 7.11 Å². The number of fused-ring (bicyclic) bond motifs is 1. The molecule has 0 radical (unpaired) electrons. The van der Waals surface area contributed by atoms with Gasteiger partial charge in [-0.3, -0.25) is 4.90 Å². The highest BCUT2D eigenvalue weighted by molar-refractivity contribution is 5.84. The molecule has 1 fully saturated rings. The van der Waals surface area contributed by atoms with Crippen LogP contribution < -0.4 is 9.64 Å². The van der Waals surface area contributed by atoms with Crippen molar-refractivity contribution in [3.8, 4) is 17.1 Å². The van der Waals surface area contributed by atoms with Crippen LogP contribution in [0.3, 0.4) is 0 Å². The topological polar surface area (TPSA) is 57.3 Å². The van der Waals surface area contributed by atoms with E-state index in [1.165, 1.54) is 10.9 Å². The van der Waals surface area contributed by atoms with E-state index in [0.717, 1.165) is 74.8 Å². The second-order valence-electron chi connectivity index (χ2n) is 8.97. The number of aromatic nitrogens is 3. The summed E-state index contributed by atoms with van der Waals surface area (Å²) in [5.41, 5.74) is 3.13. The van der Waals surface area contributed by atoms with Gasteiger partial charge >= 0.3 is 6.18 Å². The van der Waals surface area contributed by atoms with Crippen LogP contribution in [0.25, 0.3) is 22.3 Å². The van der Waals surface area contributed by atoms with Gasteiger partial charge < -0.3 is 14.6 Å². The number of rotatable bonds is 7. The fourth-order valence-corrected chi connectivity index (χ4v) is 4.69. The molecule has 0 saturated carbocycles. The first-order valence-electron chi connectivity index (χ1n) is 12.0. The van der Waals surface area contributed by atoms with Gasteiger partial charge in [-0.05, 0) is 73.5 Å². The molecule has 0 atom stereocenters. The van der Waals surface area contributed by atoms with E-state index < -0.39 is 11.9 Å². The number of aryl methyl sites for hydroxylation is 1. The number of benzene rings is 2. The van der Waals surface area contributed by atoms with Crippen LogP contribution in [-0.4, -0.2) is 59.7 Å². The normalized spacial score (nSPS) is 14.9. The molecule has 1 aliphatic heterocycles. The number of piperazine rings is 1. The van der Waals surface area contributed by atoms with Crippen LogP contribution in [0.15, 0.2) is 60.9 Å². The van der Waals surface area contributed by atoms with E-state index >= 15 is 0 Å². The van der Waals surface area contributed by atoms with E-state index in [4.69, 9.17) is 4.74 Å². The minimum atomic E-state index is -4.49. The fraction of sp³-hybridized carbons (Fsp3) is 0.333. The molecular weight excluding hydrogens is 467 g/mol. The van der Waals surface area contributed by atoms with Crippen molar-refractivity contribution in [2.24, 2.45) is 0 Å². The number of aromatic amines is 1. The molecule has 1 N–H and O–H groups in total. The summed E-state index contributed by atoms with van der Waals surface area (Å²) in [6, 6.07) is 14.4. The first-order valence-corrected chi connectivity index (χ1v) is 12.0. The summed E-state index contributed by atoms with van der Waals surface area (Å²) in [7, 11) is 1.69. The molecule has 4 aromatic rings. The lowest BCUT2D eigenvalue weighted by atomic mass is 10.1. The number of nitrogens with zero attached hydrogens (tertiary/aromatic N) is 4. The summed E-state index contributed by atoms with van der Waals surface area (Å²) in [6.07, 6.45) is 0.840. The Kier molecular flexibility index (Phi) is 6.82. The largest absolute Gasteiger partial charge is 0.497 e. The Bertz CT molecular complexity index is 1310. The number of halogens is 3. The maximum Gasteiger partial charge on any atom is 0.433 e. The molecule has 0 amide bonds. The van der Waals surface area contributed by atoms with E-state index in [1.807, 2.05) is 18.2 Å². The highest BCUT2D eigenvalue weighted by atomic mass is 19.4. The zero-order chi connectivity index (χ0) is 25.1. The molecule has 0 aliphatic carbocycles. The van der Waals surface area contributed by atoms with Crippen LogP contribution in [0.5, 0.6) is 5.75 Å². The average Bonchev–Trinajstić information content (AvgIpc) is 3.31. The number of anilines is 1. The molecule has 0 spiro atoms. The van der Waals surface area contributed by atoms with Crippen LogP contribution in [-0.2, 0) is 12.6 Å². The Morgan fingerprint density at radius 1 is 1.00 bits per heavy atom. The van der Waals surface area contributed by atoms with Crippen LogP contribution in [0, 0.1) is 0 Å². The number of methoxy groups -OCH3 is 1. The summed E-state index contributed by atoms with van der Waals surface area (Å²) in [4.78, 5) is 15.8. The zero-order valence-electron chi connectivity index (χ0n) is 20.1. The molecule has 5 rings (SSSR count). The van der Waals surface area contributed by atoms with Gasteiger partial charge in [-0.25, -0.2) is 9.97 Å². The molecule has 0 bridgehead atoms. The summed E-state index contributed by atoms with van der Waals surface area (Å²) < 4.78 is 44.2. The number of H-pyrrole nitrogens is 1. The lowest BCUT2D eigenvalue weighted by Gasteiger charge is -2.36. The Morgan fingerprint density at radius 2 is 1.78 bits per heavy atom. The van der Waals surface area contributed by atoms with Gasteiger partial charge in [0.15, 0.2) is 5.82 Å². The van der Waals surface area contributed by atoms with Gasteiger partial charge in [-0.15, -0.1) is 0 Å². The van der Waals surface area contributed by atoms with Crippen molar-refractivity contribution in [2.45, 2.75) is 19.0 Å². The number of alkyl halides is 3. The quantitative estimate of drug-likeness (QED) is 0.372. The second-order valence-corrected chi connectivity index (χ2v) is 8.97. The lowest BCUT2D eigenvalue weighted by molar-refractivity contribution is -0.141. The maximum absolute atomic E-state index is 13.0. The Balaban J connectivity index is 1.13. The Morgan fingerprint density at radius 3 is 2.50 bits per heavy atom. The van der Waals surface area contributed by atoms with E-state index in [0.29, 0.717) is 5.56 Å². The van der Waals surface area contributed by atoms with Crippen LogP contribution in [0.4, 0.5) is 18.9 Å². The SMILES string of the molecule is COc1ccc2[nH]cc(CCCN3CCN(c4ccc(-c5nccc(C(F)(F)F)n5)cc4)CC3)c2c1. The van der Waals surface area contributed by atoms with Crippen molar-refractivity contribution >= 4 is 16.6 Å². The van der Waals surface area contributed by atoms with Crippen molar-refractivity contribution in [1.82, 2.24) is 19.9 Å². The van der Waals surface area contributed by atoms with Crippen molar-refractivity contribution in [3.63, 3.8) is 0 Å². The number of ether oxygens (including phenoxy) is 1. The van der Waals surface area contributed by atoms with Crippen LogP contribution in [0.1, 0.15) is 17.7 Å². The van der Waals surface area contributed by atoms with E-state index in [9.17, 15) is 13.2 Å². The van der Waals surface area contributed by atoms with Gasteiger partial charge in [0.2, 0.25) is 0 Å². The Labute approximate surface area is 207 Å². The standard InChI is InChI=1S/C27H28F3N5O/c1-36-22-8-9-24-23(17-22)20(18-32-24)3-2-12-34-13-15-35(16-14-34)21-6-4-19(5-7-21)26-31-11-10-25(33-26)27(28,29)30/h4-11,17-18,32H,2-3,12-16H2,1H3. The first kappa shape index (κ1) is 24.1. The lowest BCUT2D eigenvalue weighted by Crippen LogP contribution is -2.46. The predicted octanol–water partition coefficient (Wildman–Crippen LogP) is 5.41. The highest BCUT2D eigenvalue weighted by Gasteiger charge is 2.32. The molecule has 36 heavy (non-hydrogen) atoms. The van der Waals surface area contributed by atoms with Gasteiger partial charge in [-0.1, -0.05) is 0 Å². The molecule has 1 aliphatic rings. The summed E-state index contributed by atoms with van der Waals surface area (Å²) in [5, 5.41) is 1.22. The molecule has 188 valence electrons. The van der Waals surface area contributed by atoms with Gasteiger partial charge in [0, 0.05) is 60.7 Å². The van der Waals surface area contributed by atoms with E-state index in [-0.39, 0.29) is 5.82 Å². The first-order chi connectivity index (χ1) is 17.4. The maximum atomic E-state index is 13.0. The molecule has 6 nitrogen and oxygen atoms in total. The van der Waals surface area contributed by atoms with E-state index in [1.54, 1.807) is 19.2 Å². The van der Waals surface area contributed by atoms with Crippen molar-refractivity contribution in [3.05, 3.63) is 72.2 Å². The predicted molar refractivity (Wildman–Crippen MR) is 134 cm³/mol. The third kappa shape index (κ3) is 5.31. The molecule has 2 aromatic heterocycles. The van der Waals surface area contributed by atoms with Gasteiger partial charge in [0.25, 0.3) is 0 Å². The molecular formula is C27H28F3N5O. The average molecular weight is 496 g/mol. The third-order valence-corrected chi connectivity index (χ3v) is 6.70. The highest BCUT2D eigenvalue weighted by Crippen LogP contribution is 2.29. The summed E-state index contributed by atoms with van der Waals surface area (Å²) >= 11 is 0. The number of hydrogen-bond acceptors (Lipinski definition) is 5. The molecule has 9 heteroatoms. The van der Waals surface area contributed by atoms with Crippen LogP contribution >= 0.6 is 0 Å². The fourth-order valence-electron chi connectivity index (χ4n) is 4.69. The van der Waals surface area contributed by atoms with Crippen molar-refractivity contribution in [1.29, 1.82) is 0 Å². The molecule has 2 aromatic carbocycles. The van der Waals surface area contributed by atoms with Crippen molar-refractivity contribution < 1.29 is 17.9 Å². The second kappa shape index (κ2) is 10.2. The monoisotopic (exact) mass is 495 g/mol. The zero-order valence-corrected chi connectivity index (χ0v) is 20.1. The van der Waals surface area contributed by atoms with Gasteiger partial charge in [-0.2, -0.15) is 13.2 Å². The van der Waals surface area contributed by atoms with Crippen LogP contribution in [0.2, 0.25) is 0 Å². The van der Waals surface area contributed by atoms with Gasteiger partial charge in [0.1, 0.15) is 11.4 Å². The van der Waals surface area contributed by atoms with E-state index in [2.05, 4.69) is 43.1 Å². The molecule has 0 unspecified atom stereocenters. The minimum absolute atomic E-state index is 0.0786. The van der Waals surface area contributed by atoms with Crippen molar-refractivity contribution in [2.75, 3.05) is 44.7 Å². The number of nitrogens with one attached hydrogen (secondary N) is 1. The smallest absolute Gasteiger partial charge is 0.433 e. The third-order valence-electron chi connectivity index (χ3n) is 6.70. The summed E-state index contributed by atoms with van der Waals surface area (Å²) in [6.45, 7) is 4.80. The minimum Gasteiger partial charge on any atom is -0.497 e.